The Morgan fingerprint density at radius 3 is 2.40 bits per heavy atom. The van der Waals surface area contributed by atoms with Gasteiger partial charge >= 0.3 is 5.97 Å². The number of rotatable bonds is 4. The first-order valence-corrected chi connectivity index (χ1v) is 9.88. The highest BCUT2D eigenvalue weighted by Crippen LogP contribution is 2.17. The number of carbonyl (C=O) groups excluding carboxylic acids is 2. The van der Waals surface area contributed by atoms with Crippen molar-refractivity contribution >= 4 is 21.7 Å². The number of benzene rings is 1. The van der Waals surface area contributed by atoms with Gasteiger partial charge in [0.1, 0.15) is 0 Å². The minimum atomic E-state index is -3.43. The van der Waals surface area contributed by atoms with Crippen LogP contribution < -0.4 is 0 Å². The molecule has 0 aliphatic carbocycles. The molecule has 0 spiro atoms. The third-order valence-corrected chi connectivity index (χ3v) is 5.07. The van der Waals surface area contributed by atoms with Crippen LogP contribution in [0.1, 0.15) is 29.8 Å². The molecular formula is C17H23NO6S. The van der Waals surface area contributed by atoms with Gasteiger partial charge in [-0.1, -0.05) is 6.07 Å². The van der Waals surface area contributed by atoms with Gasteiger partial charge in [-0.25, -0.2) is 13.2 Å². The fourth-order valence-electron chi connectivity index (χ4n) is 2.73. The lowest BCUT2D eigenvalue weighted by molar-refractivity contribution is -0.146. The number of hydrogen-bond donors (Lipinski definition) is 0. The number of amides is 1. The van der Waals surface area contributed by atoms with E-state index in [9.17, 15) is 18.0 Å². The largest absolute Gasteiger partial charge is 0.452 e. The zero-order valence-corrected chi connectivity index (χ0v) is 15.6. The van der Waals surface area contributed by atoms with Gasteiger partial charge in [0.2, 0.25) is 0 Å². The molecule has 0 aromatic heterocycles. The average Bonchev–Trinajstić information content (AvgIpc) is 2.50. The van der Waals surface area contributed by atoms with Crippen molar-refractivity contribution in [3.8, 4) is 0 Å². The Bertz CT molecular complexity index is 763. The predicted molar refractivity (Wildman–Crippen MR) is 91.2 cm³/mol. The molecule has 1 heterocycles. The summed E-state index contributed by atoms with van der Waals surface area (Å²) in [6.45, 7) is 5.94. The molecule has 25 heavy (non-hydrogen) atoms. The van der Waals surface area contributed by atoms with Crippen LogP contribution in [0.2, 0.25) is 0 Å². The number of morpholine rings is 1. The summed E-state index contributed by atoms with van der Waals surface area (Å²) in [5, 5.41) is 0. The molecule has 2 rings (SSSR count). The summed E-state index contributed by atoms with van der Waals surface area (Å²) in [4.78, 5) is 26.1. The molecule has 138 valence electrons. The number of sulfone groups is 1. The fraction of sp³-hybridized carbons (Fsp3) is 0.529. The maximum Gasteiger partial charge on any atom is 0.338 e. The van der Waals surface area contributed by atoms with Crippen LogP contribution in [0.3, 0.4) is 0 Å². The quantitative estimate of drug-likeness (QED) is 0.741. The van der Waals surface area contributed by atoms with E-state index in [0.29, 0.717) is 18.7 Å². The van der Waals surface area contributed by atoms with E-state index in [4.69, 9.17) is 9.47 Å². The summed E-state index contributed by atoms with van der Waals surface area (Å²) >= 11 is 0. The Morgan fingerprint density at radius 2 is 1.84 bits per heavy atom. The van der Waals surface area contributed by atoms with Gasteiger partial charge in [0.05, 0.1) is 22.7 Å². The standard InChI is InChI=1S/C17H23NO6S/c1-11-5-6-14(25(4,21)22)7-15(11)17(20)23-10-16(19)18-8-12(2)24-13(3)9-18/h5-7,12-13H,8-10H2,1-4H3/t12-,13+. The van der Waals surface area contributed by atoms with E-state index in [2.05, 4.69) is 0 Å². The third kappa shape index (κ3) is 5.02. The molecule has 0 saturated carbocycles. The van der Waals surface area contributed by atoms with Crippen LogP contribution in [0.25, 0.3) is 0 Å². The summed E-state index contributed by atoms with van der Waals surface area (Å²) < 4.78 is 33.9. The van der Waals surface area contributed by atoms with Gasteiger partial charge in [-0.15, -0.1) is 0 Å². The maximum atomic E-state index is 12.2. The van der Waals surface area contributed by atoms with E-state index in [0.717, 1.165) is 6.26 Å². The average molecular weight is 369 g/mol. The summed E-state index contributed by atoms with van der Waals surface area (Å²) in [6, 6.07) is 4.25. The molecule has 0 unspecified atom stereocenters. The number of esters is 1. The van der Waals surface area contributed by atoms with Gasteiger partial charge in [-0.2, -0.15) is 0 Å². The van der Waals surface area contributed by atoms with E-state index >= 15 is 0 Å². The zero-order chi connectivity index (χ0) is 18.8. The first kappa shape index (κ1) is 19.4. The monoisotopic (exact) mass is 369 g/mol. The van der Waals surface area contributed by atoms with Crippen molar-refractivity contribution in [1.29, 1.82) is 0 Å². The SMILES string of the molecule is Cc1ccc(S(C)(=O)=O)cc1C(=O)OCC(=O)N1C[C@@H](C)O[C@@H](C)C1. The van der Waals surface area contributed by atoms with Crippen LogP contribution in [0.15, 0.2) is 23.1 Å². The van der Waals surface area contributed by atoms with Gasteiger partial charge in [-0.05, 0) is 38.5 Å². The molecule has 2 atom stereocenters. The molecule has 0 bridgehead atoms. The van der Waals surface area contributed by atoms with Gasteiger partial charge in [-0.3, -0.25) is 4.79 Å². The minimum Gasteiger partial charge on any atom is -0.452 e. The van der Waals surface area contributed by atoms with Gasteiger partial charge < -0.3 is 14.4 Å². The highest BCUT2D eigenvalue weighted by Gasteiger charge is 2.26. The second-order valence-corrected chi connectivity index (χ2v) is 8.40. The molecule has 7 nitrogen and oxygen atoms in total. The first-order valence-electron chi connectivity index (χ1n) is 7.99. The number of carbonyl (C=O) groups is 2. The third-order valence-electron chi connectivity index (χ3n) is 3.96. The van der Waals surface area contributed by atoms with Gasteiger partial charge in [0, 0.05) is 19.3 Å². The van der Waals surface area contributed by atoms with Crippen molar-refractivity contribution in [1.82, 2.24) is 4.90 Å². The Hall–Kier alpha value is -1.93. The zero-order valence-electron chi connectivity index (χ0n) is 14.8. The summed E-state index contributed by atoms with van der Waals surface area (Å²) in [6.07, 6.45) is 0.922. The summed E-state index contributed by atoms with van der Waals surface area (Å²) in [7, 11) is -3.43. The lowest BCUT2D eigenvalue weighted by Gasteiger charge is -2.35. The van der Waals surface area contributed by atoms with Gasteiger partial charge in [0.25, 0.3) is 5.91 Å². The molecule has 1 aromatic rings. The Balaban J connectivity index is 2.04. The van der Waals surface area contributed by atoms with E-state index in [-0.39, 0.29) is 35.2 Å². The minimum absolute atomic E-state index is 0.0344. The van der Waals surface area contributed by atoms with Crippen molar-refractivity contribution < 1.29 is 27.5 Å². The summed E-state index contributed by atoms with van der Waals surface area (Å²) in [5.41, 5.74) is 0.720. The van der Waals surface area contributed by atoms with Crippen molar-refractivity contribution in [3.05, 3.63) is 29.3 Å². The topological polar surface area (TPSA) is 90.0 Å². The molecule has 1 aromatic carbocycles. The molecule has 0 radical (unpaired) electrons. The molecule has 0 N–H and O–H groups in total. The fourth-order valence-corrected chi connectivity index (χ4v) is 3.38. The Labute approximate surface area is 147 Å². The highest BCUT2D eigenvalue weighted by atomic mass is 32.2. The van der Waals surface area contributed by atoms with Crippen molar-refractivity contribution in [3.63, 3.8) is 0 Å². The van der Waals surface area contributed by atoms with Crippen LogP contribution >= 0.6 is 0 Å². The smallest absolute Gasteiger partial charge is 0.338 e. The number of nitrogens with zero attached hydrogens (tertiary/aromatic N) is 1. The van der Waals surface area contributed by atoms with Crippen LogP contribution in [0.4, 0.5) is 0 Å². The number of aryl methyl sites for hydroxylation is 1. The van der Waals surface area contributed by atoms with E-state index in [1.165, 1.54) is 12.1 Å². The van der Waals surface area contributed by atoms with E-state index < -0.39 is 15.8 Å². The highest BCUT2D eigenvalue weighted by molar-refractivity contribution is 7.90. The first-order chi connectivity index (χ1) is 11.6. The normalized spacial score (nSPS) is 21.0. The van der Waals surface area contributed by atoms with Crippen molar-refractivity contribution in [2.45, 2.75) is 37.9 Å². The molecule has 1 aliphatic heterocycles. The van der Waals surface area contributed by atoms with E-state index in [1.807, 2.05) is 13.8 Å². The molecule has 1 amide bonds. The molecule has 1 saturated heterocycles. The second-order valence-electron chi connectivity index (χ2n) is 6.38. The second kappa shape index (κ2) is 7.53. The van der Waals surface area contributed by atoms with Crippen molar-refractivity contribution in [2.24, 2.45) is 0 Å². The van der Waals surface area contributed by atoms with E-state index in [1.54, 1.807) is 17.9 Å². The molecule has 1 aliphatic rings. The van der Waals surface area contributed by atoms with Gasteiger partial charge in [0.15, 0.2) is 16.4 Å². The lowest BCUT2D eigenvalue weighted by atomic mass is 10.1. The summed E-state index contributed by atoms with van der Waals surface area (Å²) in [5.74, 6) is -1.02. The van der Waals surface area contributed by atoms with Crippen LogP contribution in [-0.4, -0.2) is 63.4 Å². The number of ether oxygens (including phenoxy) is 2. The maximum absolute atomic E-state index is 12.2. The van der Waals surface area contributed by atoms with Crippen LogP contribution in [-0.2, 0) is 24.1 Å². The van der Waals surface area contributed by atoms with Crippen LogP contribution in [0.5, 0.6) is 0 Å². The predicted octanol–water partition coefficient (Wildman–Crippen LogP) is 1.19. The number of hydrogen-bond acceptors (Lipinski definition) is 6. The van der Waals surface area contributed by atoms with Crippen LogP contribution in [0, 0.1) is 6.92 Å². The molecule has 1 fully saturated rings. The molecule has 8 heteroatoms. The molecular weight excluding hydrogens is 346 g/mol. The Morgan fingerprint density at radius 1 is 1.24 bits per heavy atom. The van der Waals surface area contributed by atoms with Crippen molar-refractivity contribution in [2.75, 3.05) is 26.0 Å². The lowest BCUT2D eigenvalue weighted by Crippen LogP contribution is -2.49. The Kier molecular flexibility index (Phi) is 5.84.